The first-order chi connectivity index (χ1) is 14.5. The minimum absolute atomic E-state index is 0.114. The summed E-state index contributed by atoms with van der Waals surface area (Å²) >= 11 is 5.94. The number of benzene rings is 2. The third-order valence-electron chi connectivity index (χ3n) is 5.60. The van der Waals surface area contributed by atoms with E-state index in [1.165, 1.54) is 30.6 Å². The van der Waals surface area contributed by atoms with Crippen LogP contribution in [0.5, 0.6) is 0 Å². The van der Waals surface area contributed by atoms with E-state index in [-0.39, 0.29) is 23.1 Å². The molecule has 9 heteroatoms. The van der Waals surface area contributed by atoms with Crippen molar-refractivity contribution in [1.82, 2.24) is 15.3 Å². The maximum absolute atomic E-state index is 14.1. The van der Waals surface area contributed by atoms with Crippen LogP contribution in [0.2, 0.25) is 5.02 Å². The highest BCUT2D eigenvalue weighted by Gasteiger charge is 2.51. The second kappa shape index (κ2) is 7.20. The number of nitrogens with one attached hydrogen (secondary N) is 2. The first kappa shape index (κ1) is 18.7. The van der Waals surface area contributed by atoms with Gasteiger partial charge in [0.25, 0.3) is 5.69 Å². The molecule has 1 saturated heterocycles. The lowest BCUT2D eigenvalue weighted by Crippen LogP contribution is -2.13. The zero-order valence-corrected chi connectivity index (χ0v) is 16.3. The van der Waals surface area contributed by atoms with Crippen LogP contribution in [0.1, 0.15) is 5.56 Å². The van der Waals surface area contributed by atoms with Gasteiger partial charge in [0, 0.05) is 22.4 Å². The summed E-state index contributed by atoms with van der Waals surface area (Å²) in [5.74, 6) is 7.27. The lowest BCUT2D eigenvalue weighted by molar-refractivity contribution is -0.385. The van der Waals surface area contributed by atoms with Crippen molar-refractivity contribution < 1.29 is 9.31 Å². The number of aromatic nitrogens is 2. The molecule has 0 bridgehead atoms. The molecule has 1 unspecified atom stereocenters. The van der Waals surface area contributed by atoms with Crippen molar-refractivity contribution in [2.45, 2.75) is 0 Å². The number of hydrogen-bond acceptors (Lipinski definition) is 6. The molecule has 1 aliphatic carbocycles. The van der Waals surface area contributed by atoms with Crippen molar-refractivity contribution in [2.75, 3.05) is 18.4 Å². The minimum Gasteiger partial charge on any atom is -0.337 e. The van der Waals surface area contributed by atoms with Gasteiger partial charge in [-0.05, 0) is 49.2 Å². The molecule has 5 rings (SSSR count). The molecule has 0 radical (unpaired) electrons. The van der Waals surface area contributed by atoms with Gasteiger partial charge in [-0.15, -0.1) is 0 Å². The summed E-state index contributed by atoms with van der Waals surface area (Å²) in [6.45, 7) is 1.90. The Morgan fingerprint density at radius 1 is 1.23 bits per heavy atom. The normalized spacial score (nSPS) is 21.6. The van der Waals surface area contributed by atoms with Gasteiger partial charge < -0.3 is 10.6 Å². The summed E-state index contributed by atoms with van der Waals surface area (Å²) in [6, 6.07) is 7.03. The molecule has 2 aliphatic rings. The smallest absolute Gasteiger partial charge is 0.285 e. The average molecular weight is 424 g/mol. The van der Waals surface area contributed by atoms with E-state index in [4.69, 9.17) is 11.6 Å². The molecule has 150 valence electrons. The summed E-state index contributed by atoms with van der Waals surface area (Å²) in [5, 5.41) is 18.6. The van der Waals surface area contributed by atoms with E-state index in [2.05, 4.69) is 32.4 Å². The fraction of sp³-hybridized carbons (Fsp3) is 0.238. The first-order valence-electron chi connectivity index (χ1n) is 9.39. The largest absolute Gasteiger partial charge is 0.337 e. The molecule has 3 aromatic rings. The number of anilines is 2. The number of hydrogen-bond donors (Lipinski definition) is 2. The lowest BCUT2D eigenvalue weighted by atomic mass is 10.1. The van der Waals surface area contributed by atoms with Crippen LogP contribution in [0.15, 0.2) is 36.7 Å². The molecule has 30 heavy (non-hydrogen) atoms. The van der Waals surface area contributed by atoms with Gasteiger partial charge in [0.15, 0.2) is 0 Å². The van der Waals surface area contributed by atoms with E-state index in [9.17, 15) is 14.5 Å². The zero-order chi connectivity index (χ0) is 20.8. The standard InChI is InChI=1S/C21H15ClFN5O2/c22-12-2-4-17(23)19(6-12)27-21-14-7-20(28(29)30)11(5-18(14)25-10-26-21)1-3-13-15-8-24-9-16(13)15/h2,4-7,10,13,15-16,24H,8-9H2,(H,25,26,27)/t13?,15-,16+. The summed E-state index contributed by atoms with van der Waals surface area (Å²) < 4.78 is 14.1. The van der Waals surface area contributed by atoms with Crippen molar-refractivity contribution in [3.8, 4) is 11.8 Å². The second-order valence-corrected chi connectivity index (χ2v) is 7.83. The van der Waals surface area contributed by atoms with Crippen LogP contribution in [0, 0.1) is 45.5 Å². The van der Waals surface area contributed by atoms with E-state index in [1.807, 2.05) is 0 Å². The van der Waals surface area contributed by atoms with Crippen molar-refractivity contribution in [3.05, 3.63) is 63.2 Å². The summed E-state index contributed by atoms with van der Waals surface area (Å²) in [7, 11) is 0. The average Bonchev–Trinajstić information content (AvgIpc) is 3.14. The Kier molecular flexibility index (Phi) is 4.50. The van der Waals surface area contributed by atoms with E-state index in [1.54, 1.807) is 6.07 Å². The van der Waals surface area contributed by atoms with Gasteiger partial charge >= 0.3 is 0 Å². The Morgan fingerprint density at radius 3 is 2.80 bits per heavy atom. The Hall–Kier alpha value is -3.28. The zero-order valence-electron chi connectivity index (χ0n) is 15.5. The molecule has 2 fully saturated rings. The molecule has 1 saturated carbocycles. The molecule has 2 heterocycles. The van der Waals surface area contributed by atoms with E-state index in [0.717, 1.165) is 13.1 Å². The topological polar surface area (TPSA) is 93.0 Å². The van der Waals surface area contributed by atoms with Crippen LogP contribution in [-0.2, 0) is 0 Å². The molecule has 2 aromatic carbocycles. The third kappa shape index (κ3) is 3.32. The summed E-state index contributed by atoms with van der Waals surface area (Å²) in [5.41, 5.74) is 0.762. The molecule has 1 aromatic heterocycles. The number of halogens is 2. The number of rotatable bonds is 3. The highest BCUT2D eigenvalue weighted by atomic mass is 35.5. The van der Waals surface area contributed by atoms with Gasteiger partial charge in [0.1, 0.15) is 23.5 Å². The molecule has 0 spiro atoms. The summed E-state index contributed by atoms with van der Waals surface area (Å²) in [4.78, 5) is 19.5. The Labute approximate surface area is 175 Å². The molecule has 7 nitrogen and oxygen atoms in total. The molecule has 1 aliphatic heterocycles. The van der Waals surface area contributed by atoms with Crippen molar-refractivity contribution in [3.63, 3.8) is 0 Å². The van der Waals surface area contributed by atoms with Crippen molar-refractivity contribution >= 4 is 39.7 Å². The first-order valence-corrected chi connectivity index (χ1v) is 9.76. The molecule has 3 atom stereocenters. The molecular formula is C21H15ClFN5O2. The van der Waals surface area contributed by atoms with Crippen LogP contribution >= 0.6 is 11.6 Å². The minimum atomic E-state index is -0.521. The monoisotopic (exact) mass is 423 g/mol. The lowest BCUT2D eigenvalue weighted by Gasteiger charge is -2.10. The van der Waals surface area contributed by atoms with Gasteiger partial charge in [-0.1, -0.05) is 23.4 Å². The third-order valence-corrected chi connectivity index (χ3v) is 5.83. The van der Waals surface area contributed by atoms with Crippen LogP contribution < -0.4 is 10.6 Å². The van der Waals surface area contributed by atoms with E-state index in [0.29, 0.717) is 33.3 Å². The van der Waals surface area contributed by atoms with Gasteiger partial charge in [-0.2, -0.15) is 0 Å². The molecule has 2 N–H and O–H groups in total. The number of piperidine rings is 1. The van der Waals surface area contributed by atoms with Crippen molar-refractivity contribution in [1.29, 1.82) is 0 Å². The highest BCUT2D eigenvalue weighted by Crippen LogP contribution is 2.48. The van der Waals surface area contributed by atoms with Crippen LogP contribution in [0.25, 0.3) is 10.9 Å². The predicted octanol–water partition coefficient (Wildman–Crippen LogP) is 3.89. The van der Waals surface area contributed by atoms with Gasteiger partial charge in [0.2, 0.25) is 0 Å². The second-order valence-electron chi connectivity index (χ2n) is 7.40. The number of nitrogens with zero attached hydrogens (tertiary/aromatic N) is 3. The quantitative estimate of drug-likeness (QED) is 0.377. The van der Waals surface area contributed by atoms with Crippen LogP contribution in [0.3, 0.4) is 0 Å². The van der Waals surface area contributed by atoms with Gasteiger partial charge in [-0.25, -0.2) is 14.4 Å². The number of fused-ring (bicyclic) bond motifs is 2. The SMILES string of the molecule is O=[N+]([O-])c1cc2c(Nc3cc(Cl)ccc3F)ncnc2cc1C#CC1[C@H]2CNC[C@@H]12. The summed E-state index contributed by atoms with van der Waals surface area (Å²) in [6.07, 6.45) is 1.31. The predicted molar refractivity (Wildman–Crippen MR) is 111 cm³/mol. The maximum Gasteiger partial charge on any atom is 0.285 e. The fourth-order valence-electron chi connectivity index (χ4n) is 3.96. The van der Waals surface area contributed by atoms with Gasteiger partial charge in [0.05, 0.1) is 16.1 Å². The van der Waals surface area contributed by atoms with E-state index < -0.39 is 10.7 Å². The number of nitro benzene ring substituents is 1. The van der Waals surface area contributed by atoms with Gasteiger partial charge in [-0.3, -0.25) is 10.1 Å². The Morgan fingerprint density at radius 2 is 2.03 bits per heavy atom. The highest BCUT2D eigenvalue weighted by molar-refractivity contribution is 6.30. The fourth-order valence-corrected chi connectivity index (χ4v) is 4.13. The molecule has 0 amide bonds. The number of nitro groups is 1. The van der Waals surface area contributed by atoms with Crippen molar-refractivity contribution in [2.24, 2.45) is 17.8 Å². The van der Waals surface area contributed by atoms with Crippen LogP contribution in [0.4, 0.5) is 21.6 Å². The Bertz CT molecular complexity index is 1250. The van der Waals surface area contributed by atoms with E-state index >= 15 is 0 Å². The molecular weight excluding hydrogens is 409 g/mol. The Balaban J connectivity index is 1.55. The maximum atomic E-state index is 14.1. The van der Waals surface area contributed by atoms with Crippen LogP contribution in [-0.4, -0.2) is 28.0 Å².